The molecule has 0 aromatic heterocycles. The van der Waals surface area contributed by atoms with Gasteiger partial charge in [0.15, 0.2) is 0 Å². The Morgan fingerprint density at radius 1 is 1.47 bits per heavy atom. The van der Waals surface area contributed by atoms with Crippen LogP contribution in [0.1, 0.15) is 13.8 Å². The van der Waals surface area contributed by atoms with Crippen molar-refractivity contribution >= 4 is 5.91 Å². The minimum absolute atomic E-state index is 0.0305. The summed E-state index contributed by atoms with van der Waals surface area (Å²) in [4.78, 5) is 16.0. The normalized spacial score (nSPS) is 28.3. The Labute approximate surface area is 92.6 Å². The van der Waals surface area contributed by atoms with E-state index in [1.165, 1.54) is 0 Å². The van der Waals surface area contributed by atoms with Gasteiger partial charge in [-0.2, -0.15) is 0 Å². The number of hydrogen-bond acceptors (Lipinski definition) is 3. The minimum Gasteiger partial charge on any atom is -0.340 e. The first-order valence-electron chi connectivity index (χ1n) is 5.67. The molecule has 2 unspecified atom stereocenters. The highest BCUT2D eigenvalue weighted by Gasteiger charge is 2.25. The van der Waals surface area contributed by atoms with Crippen LogP contribution in [0.3, 0.4) is 0 Å². The van der Waals surface area contributed by atoms with Crippen LogP contribution in [0.4, 0.5) is 0 Å². The molecule has 1 fully saturated rings. The lowest BCUT2D eigenvalue weighted by atomic mass is 10.2. The molecular weight excluding hydrogens is 190 g/mol. The van der Waals surface area contributed by atoms with Gasteiger partial charge in [0, 0.05) is 26.2 Å². The summed E-state index contributed by atoms with van der Waals surface area (Å²) in [7, 11) is 4.07. The molecule has 15 heavy (non-hydrogen) atoms. The van der Waals surface area contributed by atoms with Gasteiger partial charge in [0.2, 0.25) is 5.91 Å². The molecule has 1 aliphatic rings. The van der Waals surface area contributed by atoms with Crippen LogP contribution in [0.2, 0.25) is 0 Å². The van der Waals surface area contributed by atoms with Gasteiger partial charge in [0.1, 0.15) is 0 Å². The zero-order valence-electron chi connectivity index (χ0n) is 10.3. The minimum atomic E-state index is -0.0305. The molecule has 0 spiro atoms. The van der Waals surface area contributed by atoms with E-state index < -0.39 is 0 Å². The summed E-state index contributed by atoms with van der Waals surface area (Å²) < 4.78 is 0. The molecule has 4 heteroatoms. The molecular formula is C11H23N3O. The topological polar surface area (TPSA) is 35.6 Å². The van der Waals surface area contributed by atoms with Crippen LogP contribution in [-0.2, 0) is 4.79 Å². The Morgan fingerprint density at radius 2 is 2.13 bits per heavy atom. The number of nitrogens with zero attached hydrogens (tertiary/aromatic N) is 2. The van der Waals surface area contributed by atoms with E-state index in [0.29, 0.717) is 5.92 Å². The highest BCUT2D eigenvalue weighted by Crippen LogP contribution is 2.07. The van der Waals surface area contributed by atoms with Crippen molar-refractivity contribution in [2.45, 2.75) is 19.9 Å². The van der Waals surface area contributed by atoms with Gasteiger partial charge in [-0.15, -0.1) is 0 Å². The maximum Gasteiger partial charge on any atom is 0.239 e. The second-order valence-electron chi connectivity index (χ2n) is 4.82. The van der Waals surface area contributed by atoms with E-state index >= 15 is 0 Å². The van der Waals surface area contributed by atoms with Crippen LogP contribution >= 0.6 is 0 Å². The van der Waals surface area contributed by atoms with Crippen molar-refractivity contribution in [2.24, 2.45) is 5.92 Å². The molecule has 0 bridgehead atoms. The lowest BCUT2D eigenvalue weighted by Gasteiger charge is -2.25. The molecule has 0 saturated carbocycles. The summed E-state index contributed by atoms with van der Waals surface area (Å²) in [6, 6.07) is -0.0305. The first-order chi connectivity index (χ1) is 7.00. The highest BCUT2D eigenvalue weighted by atomic mass is 16.2. The molecule has 1 N–H and O–H groups in total. The van der Waals surface area contributed by atoms with Gasteiger partial charge in [0.05, 0.1) is 6.04 Å². The van der Waals surface area contributed by atoms with Gasteiger partial charge < -0.3 is 15.1 Å². The maximum atomic E-state index is 11.9. The summed E-state index contributed by atoms with van der Waals surface area (Å²) in [6.45, 7) is 7.72. The fourth-order valence-electron chi connectivity index (χ4n) is 1.79. The van der Waals surface area contributed by atoms with Gasteiger partial charge >= 0.3 is 0 Å². The fraction of sp³-hybridized carbons (Fsp3) is 0.909. The first-order valence-corrected chi connectivity index (χ1v) is 5.67. The summed E-state index contributed by atoms with van der Waals surface area (Å²) in [6.07, 6.45) is 0. The molecule has 1 rings (SSSR count). The van der Waals surface area contributed by atoms with Crippen LogP contribution in [0, 0.1) is 5.92 Å². The predicted molar refractivity (Wildman–Crippen MR) is 61.8 cm³/mol. The summed E-state index contributed by atoms with van der Waals surface area (Å²) in [5, 5.41) is 3.26. The Kier molecular flexibility index (Phi) is 4.54. The maximum absolute atomic E-state index is 11.9. The molecule has 2 atom stereocenters. The smallest absolute Gasteiger partial charge is 0.239 e. The predicted octanol–water partition coefficient (Wildman–Crippen LogP) is 0.00440. The summed E-state index contributed by atoms with van der Waals surface area (Å²) >= 11 is 0. The Morgan fingerprint density at radius 3 is 2.73 bits per heavy atom. The SMILES string of the molecule is CC1CNC(C)C(=O)N(CCN(C)C)C1. The van der Waals surface area contributed by atoms with E-state index in [-0.39, 0.29) is 11.9 Å². The lowest BCUT2D eigenvalue weighted by molar-refractivity contribution is -0.132. The Bertz CT molecular complexity index is 218. The number of carbonyl (C=O) groups excluding carboxylic acids is 1. The van der Waals surface area contributed by atoms with Crippen molar-refractivity contribution in [2.75, 3.05) is 40.3 Å². The molecule has 1 aliphatic heterocycles. The van der Waals surface area contributed by atoms with Crippen molar-refractivity contribution in [3.8, 4) is 0 Å². The van der Waals surface area contributed by atoms with Crippen molar-refractivity contribution in [3.63, 3.8) is 0 Å². The molecule has 0 aromatic rings. The van der Waals surface area contributed by atoms with Crippen molar-refractivity contribution in [1.29, 1.82) is 0 Å². The van der Waals surface area contributed by atoms with E-state index in [2.05, 4.69) is 17.1 Å². The first kappa shape index (κ1) is 12.5. The van der Waals surface area contributed by atoms with E-state index in [0.717, 1.165) is 26.2 Å². The zero-order chi connectivity index (χ0) is 11.4. The van der Waals surface area contributed by atoms with E-state index in [1.807, 2.05) is 25.9 Å². The molecule has 0 aliphatic carbocycles. The lowest BCUT2D eigenvalue weighted by Crippen LogP contribution is -2.44. The second kappa shape index (κ2) is 5.47. The van der Waals surface area contributed by atoms with Gasteiger partial charge in [-0.25, -0.2) is 0 Å². The Balaban J connectivity index is 2.54. The van der Waals surface area contributed by atoms with Crippen molar-refractivity contribution in [1.82, 2.24) is 15.1 Å². The van der Waals surface area contributed by atoms with Crippen LogP contribution in [-0.4, -0.2) is 62.0 Å². The summed E-state index contributed by atoms with van der Waals surface area (Å²) in [5.74, 6) is 0.780. The van der Waals surface area contributed by atoms with Crippen LogP contribution in [0.15, 0.2) is 0 Å². The third-order valence-corrected chi connectivity index (χ3v) is 2.80. The second-order valence-corrected chi connectivity index (χ2v) is 4.82. The Hall–Kier alpha value is -0.610. The third kappa shape index (κ3) is 3.80. The average Bonchev–Trinajstić information content (AvgIpc) is 2.29. The average molecular weight is 213 g/mol. The molecule has 1 saturated heterocycles. The van der Waals surface area contributed by atoms with Crippen molar-refractivity contribution in [3.05, 3.63) is 0 Å². The monoisotopic (exact) mass is 213 g/mol. The molecule has 0 radical (unpaired) electrons. The zero-order valence-corrected chi connectivity index (χ0v) is 10.3. The van der Waals surface area contributed by atoms with Gasteiger partial charge in [0.25, 0.3) is 0 Å². The molecule has 0 aromatic carbocycles. The number of rotatable bonds is 3. The fourth-order valence-corrected chi connectivity index (χ4v) is 1.79. The van der Waals surface area contributed by atoms with Crippen LogP contribution in [0.25, 0.3) is 0 Å². The van der Waals surface area contributed by atoms with Gasteiger partial charge in [-0.3, -0.25) is 4.79 Å². The number of nitrogens with one attached hydrogen (secondary N) is 1. The molecule has 4 nitrogen and oxygen atoms in total. The van der Waals surface area contributed by atoms with Gasteiger partial charge in [-0.05, 0) is 26.9 Å². The number of hydrogen-bond donors (Lipinski definition) is 1. The standard InChI is InChI=1S/C11H23N3O/c1-9-7-12-10(2)11(15)14(8-9)6-5-13(3)4/h9-10,12H,5-8H2,1-4H3. The number of likely N-dealkylation sites (N-methyl/N-ethyl adjacent to an activating group) is 1. The molecule has 1 amide bonds. The van der Waals surface area contributed by atoms with E-state index in [9.17, 15) is 4.79 Å². The van der Waals surface area contributed by atoms with E-state index in [1.54, 1.807) is 0 Å². The van der Waals surface area contributed by atoms with E-state index in [4.69, 9.17) is 0 Å². The van der Waals surface area contributed by atoms with Crippen LogP contribution < -0.4 is 5.32 Å². The summed E-state index contributed by atoms with van der Waals surface area (Å²) in [5.41, 5.74) is 0. The molecule has 1 heterocycles. The number of amides is 1. The molecule has 88 valence electrons. The van der Waals surface area contributed by atoms with Crippen molar-refractivity contribution < 1.29 is 4.79 Å². The van der Waals surface area contributed by atoms with Gasteiger partial charge in [-0.1, -0.05) is 6.92 Å². The third-order valence-electron chi connectivity index (χ3n) is 2.80. The number of carbonyl (C=O) groups is 1. The quantitative estimate of drug-likeness (QED) is 0.717. The van der Waals surface area contributed by atoms with Crippen LogP contribution in [0.5, 0.6) is 0 Å². The largest absolute Gasteiger partial charge is 0.340 e. The highest BCUT2D eigenvalue weighted by molar-refractivity contribution is 5.81.